The predicted octanol–water partition coefficient (Wildman–Crippen LogP) is 1.72. The molecule has 0 aliphatic heterocycles. The van der Waals surface area contributed by atoms with Gasteiger partial charge in [0.25, 0.3) is 0 Å². The fraction of sp³-hybridized carbons (Fsp3) is 0.909. The van der Waals surface area contributed by atoms with Crippen molar-refractivity contribution in [1.82, 2.24) is 4.90 Å². The molecule has 3 heteroatoms. The Morgan fingerprint density at radius 1 is 1.36 bits per heavy atom. The average molecular weight is 197 g/mol. The minimum absolute atomic E-state index is 0.101. The highest BCUT2D eigenvalue weighted by Crippen LogP contribution is 2.37. The number of rotatable bonds is 4. The van der Waals surface area contributed by atoms with Gasteiger partial charge < -0.3 is 5.11 Å². The van der Waals surface area contributed by atoms with Crippen molar-refractivity contribution in [3.8, 4) is 0 Å². The lowest BCUT2D eigenvalue weighted by Crippen LogP contribution is -2.41. The lowest BCUT2D eigenvalue weighted by Gasteiger charge is -2.30. The zero-order valence-corrected chi connectivity index (χ0v) is 8.78. The van der Waals surface area contributed by atoms with Crippen LogP contribution in [0.25, 0.3) is 0 Å². The summed E-state index contributed by atoms with van der Waals surface area (Å²) in [5.41, 5.74) is 0. The van der Waals surface area contributed by atoms with Crippen molar-refractivity contribution in [3.05, 3.63) is 0 Å². The first kappa shape index (κ1) is 9.97. The van der Waals surface area contributed by atoms with Gasteiger partial charge in [0.05, 0.1) is 5.92 Å². The van der Waals surface area contributed by atoms with E-state index in [0.717, 1.165) is 25.8 Å². The van der Waals surface area contributed by atoms with E-state index in [1.165, 1.54) is 12.8 Å². The zero-order valence-electron chi connectivity index (χ0n) is 8.78. The van der Waals surface area contributed by atoms with Crippen molar-refractivity contribution in [2.75, 3.05) is 6.54 Å². The Bertz CT molecular complexity index is 225. The summed E-state index contributed by atoms with van der Waals surface area (Å²) >= 11 is 0. The number of hydrogen-bond acceptors (Lipinski definition) is 2. The second kappa shape index (κ2) is 3.89. The maximum atomic E-state index is 11.0. The van der Waals surface area contributed by atoms with E-state index in [0.29, 0.717) is 12.1 Å². The van der Waals surface area contributed by atoms with Crippen LogP contribution in [0.5, 0.6) is 0 Å². The number of hydrogen-bond donors (Lipinski definition) is 1. The monoisotopic (exact) mass is 197 g/mol. The third kappa shape index (κ3) is 1.78. The molecule has 0 spiro atoms. The molecule has 80 valence electrons. The van der Waals surface area contributed by atoms with Gasteiger partial charge in [-0.25, -0.2) is 0 Å². The summed E-state index contributed by atoms with van der Waals surface area (Å²) in [6.07, 6.45) is 5.60. The summed E-state index contributed by atoms with van der Waals surface area (Å²) in [5.74, 6) is -0.692. The standard InChI is InChI=1S/C11H19NO2/c1-2-12(8-6-7-8)10-5-3-4-9(10)11(13)14/h8-10H,2-7H2,1H3,(H,13,14). The van der Waals surface area contributed by atoms with E-state index in [4.69, 9.17) is 5.11 Å². The molecule has 2 rings (SSSR count). The Morgan fingerprint density at radius 2 is 2.07 bits per heavy atom. The third-order valence-electron chi connectivity index (χ3n) is 3.60. The number of carboxylic acid groups (broad SMARTS) is 1. The van der Waals surface area contributed by atoms with Gasteiger partial charge in [-0.15, -0.1) is 0 Å². The molecule has 0 aromatic carbocycles. The zero-order chi connectivity index (χ0) is 10.1. The fourth-order valence-electron chi connectivity index (χ4n) is 2.80. The quantitative estimate of drug-likeness (QED) is 0.746. The highest BCUT2D eigenvalue weighted by molar-refractivity contribution is 5.71. The number of carboxylic acids is 1. The van der Waals surface area contributed by atoms with Crippen LogP contribution in [-0.4, -0.2) is 34.6 Å². The maximum Gasteiger partial charge on any atom is 0.308 e. The normalized spacial score (nSPS) is 32.4. The minimum atomic E-state index is -0.591. The molecule has 0 heterocycles. The number of aliphatic carboxylic acids is 1. The molecule has 2 unspecified atom stereocenters. The topological polar surface area (TPSA) is 40.5 Å². The summed E-state index contributed by atoms with van der Waals surface area (Å²) in [7, 11) is 0. The molecular formula is C11H19NO2. The minimum Gasteiger partial charge on any atom is -0.481 e. The Morgan fingerprint density at radius 3 is 2.57 bits per heavy atom. The third-order valence-corrected chi connectivity index (χ3v) is 3.60. The molecule has 0 amide bonds. The molecule has 0 aromatic rings. The van der Waals surface area contributed by atoms with Crippen LogP contribution >= 0.6 is 0 Å². The van der Waals surface area contributed by atoms with Crippen molar-refractivity contribution >= 4 is 5.97 Å². The molecule has 0 bridgehead atoms. The van der Waals surface area contributed by atoms with E-state index in [1.54, 1.807) is 0 Å². The van der Waals surface area contributed by atoms with Gasteiger partial charge in [-0.1, -0.05) is 13.3 Å². The van der Waals surface area contributed by atoms with Crippen LogP contribution in [0.3, 0.4) is 0 Å². The molecule has 0 aromatic heterocycles. The Balaban J connectivity index is 2.02. The molecule has 2 fully saturated rings. The highest BCUT2D eigenvalue weighted by Gasteiger charge is 2.41. The summed E-state index contributed by atoms with van der Waals surface area (Å²) in [5, 5.41) is 9.10. The second-order valence-corrected chi connectivity index (χ2v) is 4.50. The number of carbonyl (C=O) groups is 1. The molecule has 0 radical (unpaired) electrons. The molecule has 0 saturated heterocycles. The lowest BCUT2D eigenvalue weighted by atomic mass is 10.0. The first-order chi connectivity index (χ1) is 6.74. The molecular weight excluding hydrogens is 178 g/mol. The molecule has 3 nitrogen and oxygen atoms in total. The molecule has 2 saturated carbocycles. The first-order valence-corrected chi connectivity index (χ1v) is 5.72. The van der Waals surface area contributed by atoms with Gasteiger partial charge in [0.1, 0.15) is 0 Å². The fourth-order valence-corrected chi connectivity index (χ4v) is 2.80. The largest absolute Gasteiger partial charge is 0.481 e. The van der Waals surface area contributed by atoms with Crippen molar-refractivity contribution in [2.45, 2.75) is 51.1 Å². The van der Waals surface area contributed by atoms with E-state index >= 15 is 0 Å². The first-order valence-electron chi connectivity index (χ1n) is 5.72. The maximum absolute atomic E-state index is 11.0. The van der Waals surface area contributed by atoms with Crippen LogP contribution < -0.4 is 0 Å². The molecule has 2 aliphatic carbocycles. The summed E-state index contributed by atoms with van der Waals surface area (Å²) in [6.45, 7) is 3.16. The molecule has 2 atom stereocenters. The van der Waals surface area contributed by atoms with E-state index in [1.807, 2.05) is 0 Å². The average Bonchev–Trinajstić information content (AvgIpc) is 2.84. The van der Waals surface area contributed by atoms with Crippen molar-refractivity contribution in [1.29, 1.82) is 0 Å². The van der Waals surface area contributed by atoms with E-state index < -0.39 is 5.97 Å². The van der Waals surface area contributed by atoms with E-state index in [2.05, 4.69) is 11.8 Å². The van der Waals surface area contributed by atoms with Gasteiger partial charge in [-0.3, -0.25) is 9.69 Å². The second-order valence-electron chi connectivity index (χ2n) is 4.50. The van der Waals surface area contributed by atoms with Crippen LogP contribution in [0, 0.1) is 5.92 Å². The molecule has 14 heavy (non-hydrogen) atoms. The SMILES string of the molecule is CCN(C1CC1)C1CCCC1C(=O)O. The molecule has 1 N–H and O–H groups in total. The van der Waals surface area contributed by atoms with Crippen molar-refractivity contribution in [3.63, 3.8) is 0 Å². The smallest absolute Gasteiger partial charge is 0.308 e. The van der Waals surface area contributed by atoms with E-state index in [-0.39, 0.29) is 5.92 Å². The predicted molar refractivity (Wildman–Crippen MR) is 54.2 cm³/mol. The Hall–Kier alpha value is -0.570. The van der Waals surface area contributed by atoms with Crippen LogP contribution in [0.15, 0.2) is 0 Å². The van der Waals surface area contributed by atoms with Gasteiger partial charge in [0.15, 0.2) is 0 Å². The number of nitrogens with zero attached hydrogens (tertiary/aromatic N) is 1. The van der Waals surface area contributed by atoms with Crippen LogP contribution in [0.1, 0.15) is 39.0 Å². The lowest BCUT2D eigenvalue weighted by molar-refractivity contribution is -0.143. The van der Waals surface area contributed by atoms with Crippen LogP contribution in [0.4, 0.5) is 0 Å². The summed E-state index contributed by atoms with van der Waals surface area (Å²) in [4.78, 5) is 13.5. The van der Waals surface area contributed by atoms with Gasteiger partial charge in [0, 0.05) is 12.1 Å². The Labute approximate surface area is 85.1 Å². The van der Waals surface area contributed by atoms with E-state index in [9.17, 15) is 4.79 Å². The van der Waals surface area contributed by atoms with Gasteiger partial charge in [-0.05, 0) is 32.2 Å². The van der Waals surface area contributed by atoms with Gasteiger partial charge in [0.2, 0.25) is 0 Å². The van der Waals surface area contributed by atoms with Crippen LogP contribution in [0.2, 0.25) is 0 Å². The molecule has 2 aliphatic rings. The highest BCUT2D eigenvalue weighted by atomic mass is 16.4. The summed E-state index contributed by atoms with van der Waals surface area (Å²) < 4.78 is 0. The Kier molecular flexibility index (Phi) is 2.77. The van der Waals surface area contributed by atoms with Gasteiger partial charge >= 0.3 is 5.97 Å². The van der Waals surface area contributed by atoms with Crippen molar-refractivity contribution < 1.29 is 9.90 Å². The van der Waals surface area contributed by atoms with Crippen molar-refractivity contribution in [2.24, 2.45) is 5.92 Å². The summed E-state index contributed by atoms with van der Waals surface area (Å²) in [6, 6.07) is 1.02. The van der Waals surface area contributed by atoms with Crippen LogP contribution in [-0.2, 0) is 4.79 Å². The van der Waals surface area contributed by atoms with Gasteiger partial charge in [-0.2, -0.15) is 0 Å².